The van der Waals surface area contributed by atoms with Crippen LogP contribution < -0.4 is 5.32 Å². The normalized spacial score (nSPS) is 13.4. The monoisotopic (exact) mass is 509 g/mol. The van der Waals surface area contributed by atoms with Crippen LogP contribution in [-0.2, 0) is 30.5 Å². The van der Waals surface area contributed by atoms with Crippen molar-refractivity contribution >= 4 is 21.9 Å². The van der Waals surface area contributed by atoms with Gasteiger partial charge in [-0.3, -0.25) is 0 Å². The van der Waals surface area contributed by atoms with E-state index in [9.17, 15) is 23.1 Å². The van der Waals surface area contributed by atoms with Crippen molar-refractivity contribution in [1.29, 1.82) is 0 Å². The number of amides is 1. The lowest BCUT2D eigenvalue weighted by Gasteiger charge is -2.20. The van der Waals surface area contributed by atoms with Gasteiger partial charge in [0.25, 0.3) is 0 Å². The van der Waals surface area contributed by atoms with Gasteiger partial charge in [0.1, 0.15) is 18.4 Å². The number of phenols is 1. The van der Waals surface area contributed by atoms with Gasteiger partial charge in [0, 0.05) is 18.6 Å². The summed E-state index contributed by atoms with van der Waals surface area (Å²) >= 11 is 0. The number of ether oxygens (including phenoxy) is 2. The number of carbonyl (C=O) groups is 2. The van der Waals surface area contributed by atoms with Crippen molar-refractivity contribution in [2.45, 2.75) is 30.2 Å². The fourth-order valence-corrected chi connectivity index (χ4v) is 5.46. The van der Waals surface area contributed by atoms with Gasteiger partial charge >= 0.3 is 12.1 Å². The van der Waals surface area contributed by atoms with E-state index in [0.29, 0.717) is 0 Å². The van der Waals surface area contributed by atoms with Crippen molar-refractivity contribution in [3.05, 3.63) is 83.4 Å². The zero-order chi connectivity index (χ0) is 25.9. The molecule has 0 saturated heterocycles. The number of fused-ring (bicyclic) bond motifs is 3. The first-order chi connectivity index (χ1) is 17.2. The van der Waals surface area contributed by atoms with Gasteiger partial charge in [-0.05, 0) is 46.9 Å². The average molecular weight is 510 g/mol. The first-order valence-electron chi connectivity index (χ1n) is 11.5. The minimum Gasteiger partial charge on any atom is -0.508 e. The molecule has 1 aliphatic carbocycles. The minimum atomic E-state index is -3.70. The van der Waals surface area contributed by atoms with Crippen molar-refractivity contribution in [3.8, 4) is 16.9 Å². The van der Waals surface area contributed by atoms with Crippen LogP contribution in [0, 0.1) is 0 Å². The van der Waals surface area contributed by atoms with Crippen LogP contribution in [0.1, 0.15) is 29.5 Å². The molecule has 8 nitrogen and oxygen atoms in total. The summed E-state index contributed by atoms with van der Waals surface area (Å²) in [5, 5.41) is 12.3. The molecule has 1 aliphatic rings. The molecule has 3 aromatic rings. The summed E-state index contributed by atoms with van der Waals surface area (Å²) in [7, 11) is -3.70. The van der Waals surface area contributed by atoms with Gasteiger partial charge in [0.2, 0.25) is 0 Å². The smallest absolute Gasteiger partial charge is 0.407 e. The fourth-order valence-electron chi connectivity index (χ4n) is 4.50. The molecular formula is C27H27NO7S. The second-order valence-corrected chi connectivity index (χ2v) is 10.5. The number of benzene rings is 3. The first kappa shape index (κ1) is 25.2. The van der Waals surface area contributed by atoms with Gasteiger partial charge in [0.05, 0.1) is 11.5 Å². The Morgan fingerprint density at radius 3 is 2.17 bits per heavy atom. The number of rotatable bonds is 8. The molecule has 0 spiro atoms. The number of carbonyl (C=O) groups excluding carboxylic acids is 2. The van der Waals surface area contributed by atoms with E-state index in [1.165, 1.54) is 12.1 Å². The maximum atomic E-state index is 12.8. The van der Waals surface area contributed by atoms with Gasteiger partial charge in [0.15, 0.2) is 9.84 Å². The van der Waals surface area contributed by atoms with Crippen LogP contribution in [0.4, 0.5) is 4.79 Å². The van der Waals surface area contributed by atoms with Crippen LogP contribution in [-0.4, -0.2) is 51.1 Å². The van der Waals surface area contributed by atoms with E-state index in [1.807, 2.05) is 48.5 Å². The van der Waals surface area contributed by atoms with Crippen molar-refractivity contribution in [2.24, 2.45) is 0 Å². The quantitative estimate of drug-likeness (QED) is 0.443. The molecule has 0 aromatic heterocycles. The van der Waals surface area contributed by atoms with E-state index >= 15 is 0 Å². The van der Waals surface area contributed by atoms with Crippen LogP contribution in [0.2, 0.25) is 0 Å². The van der Waals surface area contributed by atoms with Crippen LogP contribution in [0.5, 0.6) is 5.75 Å². The molecule has 1 amide bonds. The number of hydrogen-bond acceptors (Lipinski definition) is 7. The largest absolute Gasteiger partial charge is 0.508 e. The third-order valence-corrected chi connectivity index (χ3v) is 7.26. The fraction of sp³-hybridized carbons (Fsp3) is 0.259. The van der Waals surface area contributed by atoms with E-state index in [0.717, 1.165) is 34.6 Å². The number of phenolic OH excluding ortho intramolecular Hbond substituents is 1. The molecule has 0 aliphatic heterocycles. The number of nitrogens with one attached hydrogen (secondary N) is 1. The number of aromatic hydroxyl groups is 1. The molecule has 0 heterocycles. The van der Waals surface area contributed by atoms with Gasteiger partial charge in [-0.1, -0.05) is 54.6 Å². The van der Waals surface area contributed by atoms with Crippen molar-refractivity contribution in [1.82, 2.24) is 5.32 Å². The molecule has 188 valence electrons. The zero-order valence-corrected chi connectivity index (χ0v) is 20.7. The molecule has 0 saturated carbocycles. The van der Waals surface area contributed by atoms with E-state index in [-0.39, 0.29) is 41.8 Å². The summed E-state index contributed by atoms with van der Waals surface area (Å²) < 4.78 is 35.1. The highest BCUT2D eigenvalue weighted by Crippen LogP contribution is 2.44. The maximum absolute atomic E-state index is 12.8. The third kappa shape index (κ3) is 5.36. The molecular weight excluding hydrogens is 482 g/mol. The molecule has 0 fully saturated rings. The molecule has 0 bridgehead atoms. The highest BCUT2D eigenvalue weighted by molar-refractivity contribution is 7.90. The first-order valence-corrected chi connectivity index (χ1v) is 13.4. The Balaban J connectivity index is 1.51. The Hall–Kier alpha value is -3.85. The highest BCUT2D eigenvalue weighted by atomic mass is 32.2. The van der Waals surface area contributed by atoms with Gasteiger partial charge < -0.3 is 19.9 Å². The number of sulfone groups is 1. The molecule has 0 unspecified atom stereocenters. The van der Waals surface area contributed by atoms with Gasteiger partial charge in [-0.25, -0.2) is 18.0 Å². The predicted molar refractivity (Wildman–Crippen MR) is 134 cm³/mol. The number of esters is 1. The topological polar surface area (TPSA) is 119 Å². The Morgan fingerprint density at radius 1 is 0.972 bits per heavy atom. The Kier molecular flexibility index (Phi) is 7.30. The predicted octanol–water partition coefficient (Wildman–Crippen LogP) is 3.81. The Morgan fingerprint density at radius 2 is 1.58 bits per heavy atom. The molecule has 4 rings (SSSR count). The summed E-state index contributed by atoms with van der Waals surface area (Å²) in [6.45, 7) is 1.77. The van der Waals surface area contributed by atoms with Crippen LogP contribution in [0.15, 0.2) is 71.6 Å². The second-order valence-electron chi connectivity index (χ2n) is 8.54. The molecule has 36 heavy (non-hydrogen) atoms. The van der Waals surface area contributed by atoms with Crippen LogP contribution in [0.3, 0.4) is 0 Å². The third-order valence-electron chi connectivity index (χ3n) is 6.08. The van der Waals surface area contributed by atoms with Gasteiger partial charge in [-0.15, -0.1) is 0 Å². The van der Waals surface area contributed by atoms with Crippen molar-refractivity contribution in [3.63, 3.8) is 0 Å². The minimum absolute atomic E-state index is 0.0587. The van der Waals surface area contributed by atoms with E-state index in [1.54, 1.807) is 6.92 Å². The van der Waals surface area contributed by atoms with Crippen LogP contribution >= 0.6 is 0 Å². The lowest BCUT2D eigenvalue weighted by atomic mass is 9.98. The summed E-state index contributed by atoms with van der Waals surface area (Å²) in [4.78, 5) is 25.2. The second kappa shape index (κ2) is 10.4. The lowest BCUT2D eigenvalue weighted by Crippen LogP contribution is -2.44. The maximum Gasteiger partial charge on any atom is 0.407 e. The van der Waals surface area contributed by atoms with E-state index in [2.05, 4.69) is 5.32 Å². The standard InChI is InChI=1S/C27H27NO7S/c1-3-34-26(30)24(14-17-12-13-18(29)15-25(17)36(2,32)33)28-27(31)35-16-23-21-10-6-4-8-19(21)20-9-5-7-11-22(20)23/h4-13,15,23-24,29H,3,14,16H2,1-2H3,(H,28,31)/t24-/m0/s1. The highest BCUT2D eigenvalue weighted by Gasteiger charge is 2.30. The number of hydrogen-bond donors (Lipinski definition) is 2. The van der Waals surface area contributed by atoms with Gasteiger partial charge in [-0.2, -0.15) is 0 Å². The SMILES string of the molecule is CCOC(=O)[C@H](Cc1ccc(O)cc1S(C)(=O)=O)NC(=O)OCC1c2ccccc2-c2ccccc21. The molecule has 3 aromatic carbocycles. The summed E-state index contributed by atoms with van der Waals surface area (Å²) in [6.07, 6.45) is 0.0181. The summed E-state index contributed by atoms with van der Waals surface area (Å²) in [6, 6.07) is 18.5. The van der Waals surface area contributed by atoms with E-state index < -0.39 is 27.9 Å². The Bertz CT molecular complexity index is 1360. The van der Waals surface area contributed by atoms with E-state index in [4.69, 9.17) is 9.47 Å². The summed E-state index contributed by atoms with van der Waals surface area (Å²) in [5.41, 5.74) is 4.54. The average Bonchev–Trinajstić information content (AvgIpc) is 3.16. The lowest BCUT2D eigenvalue weighted by molar-refractivity contribution is -0.145. The zero-order valence-electron chi connectivity index (χ0n) is 19.9. The molecule has 2 N–H and O–H groups in total. The van der Waals surface area contributed by atoms with Crippen LogP contribution in [0.25, 0.3) is 11.1 Å². The molecule has 1 atom stereocenters. The Labute approximate surface area is 209 Å². The van der Waals surface area contributed by atoms with Crippen molar-refractivity contribution in [2.75, 3.05) is 19.5 Å². The van der Waals surface area contributed by atoms with Crippen molar-refractivity contribution < 1.29 is 32.6 Å². The summed E-state index contributed by atoms with van der Waals surface area (Å²) in [5.74, 6) is -1.10. The molecule has 9 heteroatoms. The number of alkyl carbamates (subject to hydrolysis) is 1. The molecule has 0 radical (unpaired) electrons.